The van der Waals surface area contributed by atoms with E-state index in [0.717, 1.165) is 16.9 Å². The first-order valence-electron chi connectivity index (χ1n) is 9.15. The minimum Gasteiger partial charge on any atom is -0.508 e. The number of hydrogen-bond donors (Lipinski definition) is 2. The normalized spacial score (nSPS) is 10.7. The summed E-state index contributed by atoms with van der Waals surface area (Å²) in [5.74, 6) is -0.599. The number of imide groups is 1. The van der Waals surface area contributed by atoms with Crippen LogP contribution in [0.25, 0.3) is 0 Å². The standard InChI is InChI=1S/C21H25N3O4S/c1-4-5-6-11-24(14-25)20(28)17-12-18(29-21(17)23(2)3)19(27)22-13-15-7-9-16(26)10-8-15/h5-10,12,14,26H,4,11,13H2,1-3H3,(H,22,27)/b6-5+. The number of anilines is 1. The molecule has 0 aliphatic carbocycles. The topological polar surface area (TPSA) is 90.0 Å². The summed E-state index contributed by atoms with van der Waals surface area (Å²) in [6, 6.07) is 8.06. The number of amides is 3. The molecule has 1 aromatic carbocycles. The molecule has 2 rings (SSSR count). The van der Waals surface area contributed by atoms with E-state index in [2.05, 4.69) is 5.32 Å². The average Bonchev–Trinajstić information content (AvgIpc) is 3.16. The molecule has 29 heavy (non-hydrogen) atoms. The summed E-state index contributed by atoms with van der Waals surface area (Å²) in [6.45, 7) is 2.44. The third kappa shape index (κ3) is 5.92. The van der Waals surface area contributed by atoms with Crippen molar-refractivity contribution in [3.05, 3.63) is 58.5 Å². The fourth-order valence-electron chi connectivity index (χ4n) is 2.55. The molecule has 0 fully saturated rings. The van der Waals surface area contributed by atoms with Crippen LogP contribution in [0.5, 0.6) is 5.75 Å². The minimum atomic E-state index is -0.446. The molecule has 7 nitrogen and oxygen atoms in total. The lowest BCUT2D eigenvalue weighted by atomic mass is 10.2. The number of carbonyl (C=O) groups is 3. The zero-order chi connectivity index (χ0) is 21.4. The first kappa shape index (κ1) is 22.2. The zero-order valence-corrected chi connectivity index (χ0v) is 17.5. The molecular formula is C21H25N3O4S. The highest BCUT2D eigenvalue weighted by atomic mass is 32.1. The molecule has 0 bridgehead atoms. The van der Waals surface area contributed by atoms with Crippen molar-refractivity contribution >= 4 is 34.6 Å². The molecule has 0 radical (unpaired) electrons. The Hall–Kier alpha value is -3.13. The third-order valence-electron chi connectivity index (χ3n) is 4.05. The van der Waals surface area contributed by atoms with Gasteiger partial charge >= 0.3 is 0 Å². The lowest BCUT2D eigenvalue weighted by molar-refractivity contribution is -0.115. The molecule has 0 unspecified atom stereocenters. The van der Waals surface area contributed by atoms with Crippen molar-refractivity contribution in [3.8, 4) is 5.75 Å². The van der Waals surface area contributed by atoms with Gasteiger partial charge in [-0.1, -0.05) is 31.2 Å². The van der Waals surface area contributed by atoms with Crippen LogP contribution in [-0.2, 0) is 11.3 Å². The SMILES string of the molecule is CC/C=C/CN(C=O)C(=O)c1cc(C(=O)NCc2ccc(O)cc2)sc1N(C)C. The Balaban J connectivity index is 2.18. The van der Waals surface area contributed by atoms with Gasteiger partial charge in [0.25, 0.3) is 11.8 Å². The summed E-state index contributed by atoms with van der Waals surface area (Å²) < 4.78 is 0. The Kier molecular flexibility index (Phi) is 7.97. The van der Waals surface area contributed by atoms with Crippen LogP contribution in [0.3, 0.4) is 0 Å². The lowest BCUT2D eigenvalue weighted by Crippen LogP contribution is -2.30. The molecule has 0 aliphatic heterocycles. The Morgan fingerprint density at radius 3 is 2.45 bits per heavy atom. The second kappa shape index (κ2) is 10.4. The van der Waals surface area contributed by atoms with Gasteiger partial charge in [0, 0.05) is 27.2 Å². The van der Waals surface area contributed by atoms with Crippen molar-refractivity contribution in [2.45, 2.75) is 19.9 Å². The average molecular weight is 416 g/mol. The Bertz CT molecular complexity index is 888. The fraction of sp³-hybridized carbons (Fsp3) is 0.286. The number of carbonyl (C=O) groups excluding carboxylic acids is 3. The number of phenolic OH excluding ortho intramolecular Hbond substituents is 1. The molecular weight excluding hydrogens is 390 g/mol. The predicted molar refractivity (Wildman–Crippen MR) is 114 cm³/mol. The van der Waals surface area contributed by atoms with Gasteiger partial charge in [-0.3, -0.25) is 19.3 Å². The van der Waals surface area contributed by atoms with Gasteiger partial charge in [0.1, 0.15) is 10.8 Å². The maximum absolute atomic E-state index is 12.8. The molecule has 1 aromatic heterocycles. The van der Waals surface area contributed by atoms with Crippen LogP contribution >= 0.6 is 11.3 Å². The summed E-state index contributed by atoms with van der Waals surface area (Å²) in [4.78, 5) is 40.0. The fourth-order valence-corrected chi connectivity index (χ4v) is 3.53. The highest BCUT2D eigenvalue weighted by Gasteiger charge is 2.24. The van der Waals surface area contributed by atoms with Gasteiger partial charge in [-0.2, -0.15) is 0 Å². The van der Waals surface area contributed by atoms with Crippen molar-refractivity contribution in [1.29, 1.82) is 0 Å². The van der Waals surface area contributed by atoms with E-state index in [1.807, 2.05) is 13.0 Å². The number of hydrogen-bond acceptors (Lipinski definition) is 6. The summed E-state index contributed by atoms with van der Waals surface area (Å²) in [5, 5.41) is 12.7. The number of rotatable bonds is 9. The molecule has 2 N–H and O–H groups in total. The van der Waals surface area contributed by atoms with Crippen molar-refractivity contribution in [1.82, 2.24) is 10.2 Å². The van der Waals surface area contributed by atoms with Crippen LogP contribution in [0.1, 0.15) is 38.9 Å². The number of thiophene rings is 1. The third-order valence-corrected chi connectivity index (χ3v) is 5.36. The molecule has 0 atom stereocenters. The largest absolute Gasteiger partial charge is 0.508 e. The molecule has 0 aliphatic rings. The van der Waals surface area contributed by atoms with Gasteiger partial charge in [-0.15, -0.1) is 11.3 Å². The zero-order valence-electron chi connectivity index (χ0n) is 16.7. The molecule has 0 saturated carbocycles. The number of nitrogens with zero attached hydrogens (tertiary/aromatic N) is 2. The van der Waals surface area contributed by atoms with E-state index in [1.165, 1.54) is 17.4 Å². The minimum absolute atomic E-state index is 0.158. The first-order chi connectivity index (χ1) is 13.9. The molecule has 0 spiro atoms. The maximum Gasteiger partial charge on any atom is 0.263 e. The molecule has 0 saturated heterocycles. The first-order valence-corrected chi connectivity index (χ1v) is 9.97. The van der Waals surface area contributed by atoms with E-state index < -0.39 is 5.91 Å². The highest BCUT2D eigenvalue weighted by molar-refractivity contribution is 7.18. The molecule has 3 amide bonds. The number of benzene rings is 1. The van der Waals surface area contributed by atoms with Crippen LogP contribution in [-0.4, -0.2) is 48.9 Å². The van der Waals surface area contributed by atoms with Gasteiger partial charge in [0.2, 0.25) is 6.41 Å². The summed E-state index contributed by atoms with van der Waals surface area (Å²) >= 11 is 1.19. The molecule has 154 valence electrons. The maximum atomic E-state index is 12.8. The van der Waals surface area contributed by atoms with Gasteiger partial charge in [0.05, 0.1) is 10.4 Å². The van der Waals surface area contributed by atoms with Crippen molar-refractivity contribution in [2.75, 3.05) is 25.5 Å². The molecule has 8 heteroatoms. The van der Waals surface area contributed by atoms with Crippen LogP contribution in [0, 0.1) is 0 Å². The van der Waals surface area contributed by atoms with E-state index in [1.54, 1.807) is 49.3 Å². The van der Waals surface area contributed by atoms with Crippen molar-refractivity contribution in [3.63, 3.8) is 0 Å². The van der Waals surface area contributed by atoms with Gasteiger partial charge in [0.15, 0.2) is 0 Å². The Labute approximate surface area is 174 Å². The molecule has 2 aromatic rings. The quantitative estimate of drug-likeness (QED) is 0.485. The van der Waals surface area contributed by atoms with Crippen LogP contribution in [0.15, 0.2) is 42.5 Å². The second-order valence-corrected chi connectivity index (χ2v) is 7.55. The van der Waals surface area contributed by atoms with Gasteiger partial charge in [-0.25, -0.2) is 0 Å². The highest BCUT2D eigenvalue weighted by Crippen LogP contribution is 2.31. The van der Waals surface area contributed by atoms with Crippen molar-refractivity contribution in [2.24, 2.45) is 0 Å². The number of phenols is 1. The van der Waals surface area contributed by atoms with Crippen LogP contribution in [0.4, 0.5) is 5.00 Å². The summed E-state index contributed by atoms with van der Waals surface area (Å²) in [5.41, 5.74) is 1.15. The smallest absolute Gasteiger partial charge is 0.263 e. The lowest BCUT2D eigenvalue weighted by Gasteiger charge is -2.16. The second-order valence-electron chi connectivity index (χ2n) is 6.52. The molecule has 1 heterocycles. The monoisotopic (exact) mass is 415 g/mol. The van der Waals surface area contributed by atoms with E-state index in [0.29, 0.717) is 28.4 Å². The van der Waals surface area contributed by atoms with Crippen LogP contribution in [0.2, 0.25) is 0 Å². The van der Waals surface area contributed by atoms with E-state index in [-0.39, 0.29) is 18.2 Å². The Morgan fingerprint density at radius 1 is 1.17 bits per heavy atom. The van der Waals surface area contributed by atoms with Crippen molar-refractivity contribution < 1.29 is 19.5 Å². The number of allylic oxidation sites excluding steroid dienone is 1. The Morgan fingerprint density at radius 2 is 1.86 bits per heavy atom. The summed E-state index contributed by atoms with van der Waals surface area (Å²) in [6.07, 6.45) is 4.96. The van der Waals surface area contributed by atoms with E-state index >= 15 is 0 Å². The van der Waals surface area contributed by atoms with Crippen LogP contribution < -0.4 is 10.2 Å². The van der Waals surface area contributed by atoms with Gasteiger partial charge in [-0.05, 0) is 30.2 Å². The predicted octanol–water partition coefficient (Wildman–Crippen LogP) is 3.01. The summed E-state index contributed by atoms with van der Waals surface area (Å²) in [7, 11) is 3.56. The number of nitrogens with one attached hydrogen (secondary N) is 1. The van der Waals surface area contributed by atoms with Gasteiger partial charge < -0.3 is 15.3 Å². The number of aromatic hydroxyl groups is 1. The van der Waals surface area contributed by atoms with E-state index in [4.69, 9.17) is 0 Å². The van der Waals surface area contributed by atoms with E-state index in [9.17, 15) is 19.5 Å².